The molecule has 6 nitrogen and oxygen atoms in total. The summed E-state index contributed by atoms with van der Waals surface area (Å²) in [5, 5.41) is -0.755. The number of alkyl halides is 6. The number of benzene rings is 1. The molecule has 170 valence electrons. The molecule has 3 rings (SSSR count). The number of amides is 2. The maximum Gasteiger partial charge on any atom is 0.416 e. The monoisotopic (exact) mass is 458 g/mol. The molecule has 1 aromatic carbocycles. The van der Waals surface area contributed by atoms with Crippen LogP contribution in [-0.4, -0.2) is 72.5 Å². The number of ether oxygens (including phenoxy) is 1. The van der Waals surface area contributed by atoms with Gasteiger partial charge in [0.2, 0.25) is 0 Å². The van der Waals surface area contributed by atoms with Crippen molar-refractivity contribution in [2.45, 2.75) is 56.1 Å². The highest BCUT2D eigenvalue weighted by molar-refractivity contribution is 6.42. The van der Waals surface area contributed by atoms with Crippen LogP contribution in [0.15, 0.2) is 18.2 Å². The SMILES string of the molecule is [B]C1([B])C(C(F)(F)F)NC(=O)N1Cc1ccc2nc(CCOC(C)(C)C(F)(F)F)[nH]c2c1. The number of H-pyrrole nitrogens is 1. The minimum absolute atomic E-state index is 0.0695. The van der Waals surface area contributed by atoms with Gasteiger partial charge in [-0.2, -0.15) is 26.3 Å². The first-order valence-electron chi connectivity index (χ1n) is 9.43. The zero-order valence-electron chi connectivity index (χ0n) is 17.1. The predicted molar refractivity (Wildman–Crippen MR) is 104 cm³/mol. The number of nitrogens with zero attached hydrogens (tertiary/aromatic N) is 2. The van der Waals surface area contributed by atoms with Crippen LogP contribution in [0, 0.1) is 0 Å². The lowest BCUT2D eigenvalue weighted by atomic mass is 9.57. The largest absolute Gasteiger partial charge is 0.416 e. The number of rotatable bonds is 6. The summed E-state index contributed by atoms with van der Waals surface area (Å²) in [5.41, 5.74) is -0.947. The molecule has 1 atom stereocenters. The number of aromatic nitrogens is 2. The number of halogens is 6. The molecule has 1 unspecified atom stereocenters. The van der Waals surface area contributed by atoms with Crippen molar-refractivity contribution in [3.05, 3.63) is 29.6 Å². The van der Waals surface area contributed by atoms with Crippen LogP contribution in [0.25, 0.3) is 11.0 Å². The van der Waals surface area contributed by atoms with E-state index in [1.54, 1.807) is 11.4 Å². The first-order chi connectivity index (χ1) is 14.5. The fraction of sp³-hybridized carbons (Fsp3) is 0.556. The average molecular weight is 458 g/mol. The van der Waals surface area contributed by atoms with Crippen LogP contribution in [0.1, 0.15) is 25.2 Å². The van der Waals surface area contributed by atoms with Crippen molar-refractivity contribution >= 4 is 32.8 Å². The van der Waals surface area contributed by atoms with Crippen LogP contribution in [0.3, 0.4) is 0 Å². The number of nitrogens with one attached hydrogen (secondary N) is 2. The van der Waals surface area contributed by atoms with Gasteiger partial charge in [0.15, 0.2) is 5.60 Å². The van der Waals surface area contributed by atoms with Crippen molar-refractivity contribution in [3.63, 3.8) is 0 Å². The molecule has 0 bridgehead atoms. The lowest BCUT2D eigenvalue weighted by molar-refractivity contribution is -0.263. The summed E-state index contributed by atoms with van der Waals surface area (Å²) in [4.78, 5) is 19.9. The fourth-order valence-corrected chi connectivity index (χ4v) is 3.20. The molecule has 1 aliphatic rings. The molecule has 4 radical (unpaired) electrons. The van der Waals surface area contributed by atoms with Gasteiger partial charge in [-0.05, 0) is 36.9 Å². The zero-order chi connectivity index (χ0) is 24.1. The van der Waals surface area contributed by atoms with E-state index in [4.69, 9.17) is 20.4 Å². The van der Waals surface area contributed by atoms with Gasteiger partial charge >= 0.3 is 18.4 Å². The Morgan fingerprint density at radius 2 is 1.84 bits per heavy atom. The van der Waals surface area contributed by atoms with E-state index in [9.17, 15) is 31.1 Å². The highest BCUT2D eigenvalue weighted by atomic mass is 19.4. The molecule has 1 aliphatic heterocycles. The van der Waals surface area contributed by atoms with E-state index in [1.165, 1.54) is 12.1 Å². The van der Waals surface area contributed by atoms with E-state index < -0.39 is 35.4 Å². The Hall–Kier alpha value is -2.37. The summed E-state index contributed by atoms with van der Waals surface area (Å²) in [6.45, 7) is 1.29. The predicted octanol–water partition coefficient (Wildman–Crippen LogP) is 2.91. The van der Waals surface area contributed by atoms with E-state index in [0.717, 1.165) is 13.8 Å². The molecule has 2 heterocycles. The number of hydrogen-bond acceptors (Lipinski definition) is 3. The molecule has 2 N–H and O–H groups in total. The van der Waals surface area contributed by atoms with E-state index in [0.29, 0.717) is 27.3 Å². The highest BCUT2D eigenvalue weighted by Crippen LogP contribution is 2.34. The Morgan fingerprint density at radius 3 is 2.41 bits per heavy atom. The summed E-state index contributed by atoms with van der Waals surface area (Å²) in [6.07, 6.45) is -9.29. The fourth-order valence-electron chi connectivity index (χ4n) is 3.20. The van der Waals surface area contributed by atoms with Gasteiger partial charge in [-0.3, -0.25) is 0 Å². The van der Waals surface area contributed by atoms with E-state index >= 15 is 0 Å². The first kappa shape index (κ1) is 24.3. The molecule has 0 saturated carbocycles. The van der Waals surface area contributed by atoms with Gasteiger partial charge in [0.05, 0.1) is 33.3 Å². The molecule has 0 spiro atoms. The third-order valence-corrected chi connectivity index (χ3v) is 5.19. The molecular formula is C18H18B2F6N4O2. The second-order valence-electron chi connectivity index (χ2n) is 8.04. The number of carbonyl (C=O) groups is 1. The Labute approximate surface area is 181 Å². The number of hydrogen-bond donors (Lipinski definition) is 2. The van der Waals surface area contributed by atoms with Crippen molar-refractivity contribution in [1.29, 1.82) is 0 Å². The number of imidazole rings is 1. The van der Waals surface area contributed by atoms with Gasteiger partial charge in [-0.15, -0.1) is 0 Å². The molecule has 0 aliphatic carbocycles. The Kier molecular flexibility index (Phi) is 5.99. The molecule has 1 aromatic heterocycles. The maximum atomic E-state index is 13.1. The lowest BCUT2D eigenvalue weighted by Gasteiger charge is -2.36. The van der Waals surface area contributed by atoms with Crippen LogP contribution >= 0.6 is 0 Å². The third-order valence-electron chi connectivity index (χ3n) is 5.19. The Morgan fingerprint density at radius 1 is 1.19 bits per heavy atom. The molecule has 2 aromatic rings. The lowest BCUT2D eigenvalue weighted by Crippen LogP contribution is -2.58. The van der Waals surface area contributed by atoms with Gasteiger partial charge in [0.25, 0.3) is 0 Å². The van der Waals surface area contributed by atoms with Gasteiger partial charge < -0.3 is 19.9 Å². The van der Waals surface area contributed by atoms with Gasteiger partial charge in [-0.25, -0.2) is 9.78 Å². The summed E-state index contributed by atoms with van der Waals surface area (Å²) < 4.78 is 82.8. The summed E-state index contributed by atoms with van der Waals surface area (Å²) in [6, 6.07) is 1.12. The number of aromatic amines is 1. The number of carbonyl (C=O) groups excluding carboxylic acids is 1. The van der Waals surface area contributed by atoms with Crippen LogP contribution in [0.5, 0.6) is 0 Å². The minimum Gasteiger partial charge on any atom is -0.366 e. The van der Waals surface area contributed by atoms with Gasteiger partial charge in [0.1, 0.15) is 11.9 Å². The van der Waals surface area contributed by atoms with Crippen LogP contribution in [-0.2, 0) is 17.7 Å². The van der Waals surface area contributed by atoms with E-state index in [1.807, 2.05) is 0 Å². The summed E-state index contributed by atoms with van der Waals surface area (Å²) in [7, 11) is 11.2. The molecular weight excluding hydrogens is 440 g/mol. The molecule has 2 amide bonds. The second-order valence-corrected chi connectivity index (χ2v) is 8.04. The second kappa shape index (κ2) is 7.89. The van der Waals surface area contributed by atoms with Crippen molar-refractivity contribution in [1.82, 2.24) is 20.2 Å². The number of urea groups is 1. The zero-order valence-corrected chi connectivity index (χ0v) is 17.1. The molecule has 32 heavy (non-hydrogen) atoms. The Bertz CT molecular complexity index is 1010. The van der Waals surface area contributed by atoms with Crippen LogP contribution in [0.4, 0.5) is 31.1 Å². The summed E-state index contributed by atoms with van der Waals surface area (Å²) in [5.74, 6) is 0.359. The maximum absolute atomic E-state index is 13.1. The number of fused-ring (bicyclic) bond motifs is 1. The van der Waals surface area contributed by atoms with Gasteiger partial charge in [0, 0.05) is 13.0 Å². The standard InChI is InChI=1S/C18H18B2F6N4O2/c1-15(2,18(24,25)26)32-6-5-12-27-10-4-3-9(7-11(10)28-12)8-30-14(31)29-13(16(30,19)20)17(21,22)23/h3-4,7,13H,5-6,8H2,1-2H3,(H,27,28)(H,29,31). The average Bonchev–Trinajstić information content (AvgIpc) is 3.12. The van der Waals surface area contributed by atoms with Crippen molar-refractivity contribution in [2.24, 2.45) is 0 Å². The Balaban J connectivity index is 1.71. The minimum atomic E-state index is -4.83. The van der Waals surface area contributed by atoms with Crippen molar-refractivity contribution in [2.75, 3.05) is 6.61 Å². The first-order valence-corrected chi connectivity index (χ1v) is 9.43. The highest BCUT2D eigenvalue weighted by Gasteiger charge is 2.57. The topological polar surface area (TPSA) is 70.2 Å². The van der Waals surface area contributed by atoms with Crippen LogP contribution in [0.2, 0.25) is 0 Å². The van der Waals surface area contributed by atoms with Crippen molar-refractivity contribution in [3.8, 4) is 0 Å². The van der Waals surface area contributed by atoms with E-state index in [-0.39, 0.29) is 19.6 Å². The smallest absolute Gasteiger partial charge is 0.366 e. The third kappa shape index (κ3) is 4.69. The summed E-state index contributed by atoms with van der Waals surface area (Å²) >= 11 is 0. The van der Waals surface area contributed by atoms with Gasteiger partial charge in [-0.1, -0.05) is 6.07 Å². The molecule has 14 heteroatoms. The molecule has 1 saturated heterocycles. The molecule has 1 fully saturated rings. The quantitative estimate of drug-likeness (QED) is 0.517. The van der Waals surface area contributed by atoms with Crippen molar-refractivity contribution < 1.29 is 35.9 Å². The van der Waals surface area contributed by atoms with E-state index in [2.05, 4.69) is 9.97 Å². The normalized spacial score (nSPS) is 19.6. The van der Waals surface area contributed by atoms with Crippen LogP contribution < -0.4 is 5.32 Å².